The van der Waals surface area contributed by atoms with Crippen LogP contribution in [0.1, 0.15) is 66.7 Å². The molecule has 222 valence electrons. The van der Waals surface area contributed by atoms with E-state index in [1.54, 1.807) is 12.3 Å². The number of rotatable bonds is 13. The molecule has 0 aliphatic heterocycles. The van der Waals surface area contributed by atoms with Crippen molar-refractivity contribution >= 4 is 17.4 Å². The predicted molar refractivity (Wildman–Crippen MR) is 165 cm³/mol. The largest absolute Gasteiger partial charge is 0.319 e. The molecule has 0 saturated carbocycles. The summed E-state index contributed by atoms with van der Waals surface area (Å²) in [4.78, 5) is 22.8. The third-order valence-electron chi connectivity index (χ3n) is 7.80. The second-order valence-corrected chi connectivity index (χ2v) is 11.0. The fourth-order valence-corrected chi connectivity index (χ4v) is 5.40. The second-order valence-electron chi connectivity index (χ2n) is 10.6. The van der Waals surface area contributed by atoms with Crippen LogP contribution in [0, 0.1) is 0 Å². The van der Waals surface area contributed by atoms with Crippen LogP contribution in [0.15, 0.2) is 66.9 Å². The molecular weight excluding hydrogens is 564 g/mol. The van der Waals surface area contributed by atoms with Crippen LogP contribution < -0.4 is 0 Å². The third-order valence-corrected chi connectivity index (χ3v) is 8.07. The van der Waals surface area contributed by atoms with Crippen molar-refractivity contribution in [3.63, 3.8) is 0 Å². The van der Waals surface area contributed by atoms with E-state index in [1.165, 1.54) is 0 Å². The number of aromatic nitrogens is 7. The van der Waals surface area contributed by atoms with Crippen molar-refractivity contribution in [2.45, 2.75) is 53.1 Å². The van der Waals surface area contributed by atoms with E-state index in [1.807, 2.05) is 73.0 Å². The fourth-order valence-electron chi connectivity index (χ4n) is 5.12. The van der Waals surface area contributed by atoms with Gasteiger partial charge in [-0.25, -0.2) is 10.2 Å². The number of imidazole rings is 1. The average molecular weight is 600 g/mol. The molecule has 0 spiro atoms. The zero-order valence-electron chi connectivity index (χ0n) is 24.7. The minimum absolute atomic E-state index is 0.0875. The molecule has 3 heterocycles. The summed E-state index contributed by atoms with van der Waals surface area (Å²) < 4.78 is 1.83. The highest BCUT2D eigenvalue weighted by Crippen LogP contribution is 2.30. The number of hydroxylamine groups is 3. The van der Waals surface area contributed by atoms with Gasteiger partial charge in [0, 0.05) is 30.3 Å². The third kappa shape index (κ3) is 6.72. The molecule has 43 heavy (non-hydrogen) atoms. The van der Waals surface area contributed by atoms with Crippen LogP contribution in [-0.2, 0) is 19.5 Å². The first-order valence-electron chi connectivity index (χ1n) is 14.6. The summed E-state index contributed by atoms with van der Waals surface area (Å²) in [5, 5.41) is 25.3. The van der Waals surface area contributed by atoms with Gasteiger partial charge in [-0.2, -0.15) is 9.86 Å². The molecule has 0 bridgehead atoms. The van der Waals surface area contributed by atoms with Crippen molar-refractivity contribution in [2.24, 2.45) is 0 Å². The SMILES string of the molecule is CCCCc1nc(Cl)c(C(=O)c2ccc(C[N+](O)(CC)CC)cn2)n1Cc1ccc(-c2ccccc2-c2nn[nH]n2)cc1. The lowest BCUT2D eigenvalue weighted by molar-refractivity contribution is -1.11. The summed E-state index contributed by atoms with van der Waals surface area (Å²) in [5.41, 5.74) is 5.35. The number of quaternary nitrogens is 1. The van der Waals surface area contributed by atoms with Gasteiger partial charge in [0.1, 0.15) is 36.8 Å². The monoisotopic (exact) mass is 599 g/mol. The van der Waals surface area contributed by atoms with Gasteiger partial charge in [-0.15, -0.1) is 10.2 Å². The smallest absolute Gasteiger partial charge is 0.230 e. The lowest BCUT2D eigenvalue weighted by atomic mass is 9.98. The van der Waals surface area contributed by atoms with Crippen molar-refractivity contribution < 1.29 is 14.6 Å². The molecule has 3 aromatic heterocycles. The lowest BCUT2D eigenvalue weighted by Gasteiger charge is -2.27. The van der Waals surface area contributed by atoms with Gasteiger partial charge in [0.15, 0.2) is 5.15 Å². The zero-order chi connectivity index (χ0) is 30.4. The summed E-state index contributed by atoms with van der Waals surface area (Å²) in [6.07, 6.45) is 4.28. The van der Waals surface area contributed by atoms with E-state index in [2.05, 4.69) is 37.5 Å². The number of aryl methyl sites for hydroxylation is 1. The summed E-state index contributed by atoms with van der Waals surface area (Å²) in [6.45, 7) is 8.02. The minimum atomic E-state index is -0.284. The summed E-state index contributed by atoms with van der Waals surface area (Å²) in [7, 11) is 0. The highest BCUT2D eigenvalue weighted by atomic mass is 35.5. The van der Waals surface area contributed by atoms with E-state index >= 15 is 0 Å². The van der Waals surface area contributed by atoms with Gasteiger partial charge in [-0.3, -0.25) is 9.78 Å². The van der Waals surface area contributed by atoms with E-state index in [0.29, 0.717) is 44.1 Å². The Morgan fingerprint density at radius 3 is 2.33 bits per heavy atom. The number of pyridine rings is 1. The van der Waals surface area contributed by atoms with Crippen molar-refractivity contribution in [1.82, 2.24) is 35.2 Å². The molecule has 0 aliphatic carbocycles. The Labute approximate surface area is 255 Å². The summed E-state index contributed by atoms with van der Waals surface area (Å²) in [6, 6.07) is 19.6. The maximum absolute atomic E-state index is 13.8. The number of nitrogens with zero attached hydrogens (tertiary/aromatic N) is 7. The Morgan fingerprint density at radius 2 is 1.70 bits per heavy atom. The van der Waals surface area contributed by atoms with Crippen LogP contribution in [0.2, 0.25) is 5.15 Å². The van der Waals surface area contributed by atoms with Gasteiger partial charge in [-0.1, -0.05) is 73.5 Å². The Kier molecular flexibility index (Phi) is 9.40. The Morgan fingerprint density at radius 1 is 0.977 bits per heavy atom. The molecule has 0 aliphatic rings. The molecule has 2 aromatic carbocycles. The van der Waals surface area contributed by atoms with Gasteiger partial charge in [-0.05, 0) is 54.3 Å². The first-order valence-corrected chi connectivity index (χ1v) is 15.0. The van der Waals surface area contributed by atoms with Gasteiger partial charge < -0.3 is 4.57 Å². The quantitative estimate of drug-likeness (QED) is 0.0945. The number of H-pyrrole nitrogens is 1. The van der Waals surface area contributed by atoms with Crippen LogP contribution in [0.5, 0.6) is 0 Å². The van der Waals surface area contributed by atoms with Crippen molar-refractivity contribution in [2.75, 3.05) is 13.1 Å². The van der Waals surface area contributed by atoms with Crippen molar-refractivity contribution in [1.29, 1.82) is 0 Å². The van der Waals surface area contributed by atoms with Crippen LogP contribution in [-0.4, -0.2) is 63.9 Å². The molecular formula is C32H36ClN8O2+. The maximum Gasteiger partial charge on any atom is 0.230 e. The average Bonchev–Trinajstić information content (AvgIpc) is 3.68. The number of benzene rings is 2. The Bertz CT molecular complexity index is 1660. The molecule has 10 nitrogen and oxygen atoms in total. The topological polar surface area (TPSA) is 122 Å². The molecule has 0 unspecified atom stereocenters. The maximum atomic E-state index is 13.8. The number of unbranched alkanes of at least 4 members (excludes halogenated alkanes) is 1. The fraction of sp³-hybridized carbons (Fsp3) is 0.312. The van der Waals surface area contributed by atoms with Crippen molar-refractivity contribution in [3.05, 3.63) is 100 Å². The molecule has 0 atom stereocenters. The first-order chi connectivity index (χ1) is 20.9. The number of aromatic amines is 1. The number of tetrazole rings is 1. The summed E-state index contributed by atoms with van der Waals surface area (Å²) >= 11 is 6.63. The van der Waals surface area contributed by atoms with Gasteiger partial charge in [0.2, 0.25) is 11.6 Å². The van der Waals surface area contributed by atoms with Crippen LogP contribution in [0.3, 0.4) is 0 Å². The zero-order valence-corrected chi connectivity index (χ0v) is 25.4. The first kappa shape index (κ1) is 30.2. The highest BCUT2D eigenvalue weighted by molar-refractivity contribution is 6.33. The molecule has 5 rings (SSSR count). The number of nitrogens with one attached hydrogen (secondary N) is 1. The Hall–Kier alpha value is -4.25. The van der Waals surface area contributed by atoms with Crippen LogP contribution >= 0.6 is 11.6 Å². The lowest BCUT2D eigenvalue weighted by Crippen LogP contribution is -2.43. The number of carbonyl (C=O) groups excluding carboxylic acids is 1. The molecule has 0 saturated heterocycles. The normalized spacial score (nSPS) is 11.7. The molecule has 2 N–H and O–H groups in total. The Balaban J connectivity index is 1.43. The predicted octanol–water partition coefficient (Wildman–Crippen LogP) is 6.15. The molecule has 0 radical (unpaired) electrons. The van der Waals surface area contributed by atoms with E-state index in [-0.39, 0.29) is 21.3 Å². The van der Waals surface area contributed by atoms with Crippen molar-refractivity contribution in [3.8, 4) is 22.5 Å². The van der Waals surface area contributed by atoms with E-state index in [4.69, 9.17) is 11.6 Å². The summed E-state index contributed by atoms with van der Waals surface area (Å²) in [5.74, 6) is 1.02. The van der Waals surface area contributed by atoms with Crippen LogP contribution in [0.4, 0.5) is 0 Å². The number of hydrogen-bond donors (Lipinski definition) is 2. The number of ketones is 1. The molecule has 0 amide bonds. The van der Waals surface area contributed by atoms with Gasteiger partial charge in [0.05, 0.1) is 0 Å². The molecule has 5 aromatic rings. The highest BCUT2D eigenvalue weighted by Gasteiger charge is 2.26. The molecule has 11 heteroatoms. The standard InChI is InChI=1S/C32H36ClN8O2/c1-4-7-12-28-35-31(33)29(30(42)27-18-15-23(19-34-27)21-41(43,5-2)6-3)40(28)20-22-13-16-24(17-14-22)25-10-8-9-11-26(25)32-36-38-39-37-32/h8-11,13-19,43H,4-7,12,20-21H2,1-3H3,(H,36,37,38,39)/q+1. The number of hydrogen-bond acceptors (Lipinski definition) is 7. The number of carbonyl (C=O) groups is 1. The second kappa shape index (κ2) is 13.4. The van der Waals surface area contributed by atoms with Crippen LogP contribution in [0.25, 0.3) is 22.5 Å². The van der Waals surface area contributed by atoms with E-state index < -0.39 is 0 Å². The number of halogens is 1. The van der Waals surface area contributed by atoms with E-state index in [0.717, 1.165) is 46.5 Å². The van der Waals surface area contributed by atoms with Gasteiger partial charge >= 0.3 is 0 Å². The molecule has 0 fully saturated rings. The van der Waals surface area contributed by atoms with Gasteiger partial charge in [0.25, 0.3) is 0 Å². The van der Waals surface area contributed by atoms with E-state index in [9.17, 15) is 10.0 Å². The minimum Gasteiger partial charge on any atom is -0.319 e.